The van der Waals surface area contributed by atoms with Crippen LogP contribution in [-0.2, 0) is 0 Å². The second-order valence-electron chi connectivity index (χ2n) is 2.81. The third kappa shape index (κ3) is 5.23. The Labute approximate surface area is 81.5 Å². The van der Waals surface area contributed by atoms with Gasteiger partial charge in [0.2, 0.25) is 0 Å². The minimum Gasteiger partial charge on any atom is -0.373 e. The fourth-order valence-corrected chi connectivity index (χ4v) is 0.920. The van der Waals surface area contributed by atoms with Crippen LogP contribution in [0.25, 0.3) is 0 Å². The van der Waals surface area contributed by atoms with Gasteiger partial charge in [-0.1, -0.05) is 26.0 Å². The topological polar surface area (TPSA) is 24.4 Å². The number of nitrogens with zero attached hydrogens (tertiary/aromatic N) is 1. The quantitative estimate of drug-likeness (QED) is 0.510. The lowest BCUT2D eigenvalue weighted by molar-refractivity contribution is 0.943. The van der Waals surface area contributed by atoms with Crippen molar-refractivity contribution in [3.05, 3.63) is 23.5 Å². The van der Waals surface area contributed by atoms with Crippen molar-refractivity contribution in [2.75, 3.05) is 7.05 Å². The summed E-state index contributed by atoms with van der Waals surface area (Å²) in [6.45, 7) is 6.26. The van der Waals surface area contributed by atoms with E-state index in [0.29, 0.717) is 0 Å². The molecule has 0 rings (SSSR count). The first kappa shape index (κ1) is 11.9. The Morgan fingerprint density at radius 3 is 2.46 bits per heavy atom. The summed E-state index contributed by atoms with van der Waals surface area (Å²) in [7, 11) is 1.89. The molecule has 2 nitrogen and oxygen atoms in total. The van der Waals surface area contributed by atoms with Crippen LogP contribution in [0, 0.1) is 0 Å². The number of allylic oxidation sites excluding steroid dienone is 3. The summed E-state index contributed by atoms with van der Waals surface area (Å²) in [6.07, 6.45) is 8.17. The van der Waals surface area contributed by atoms with Crippen LogP contribution < -0.4 is 5.32 Å². The first-order chi connectivity index (χ1) is 6.26. The van der Waals surface area contributed by atoms with Crippen molar-refractivity contribution >= 4 is 6.21 Å². The number of nitrogens with one attached hydrogen (secondary N) is 1. The molecule has 0 saturated heterocycles. The SMILES string of the molecule is CC\C=C/C(C)=C(/N=C\CC)NC. The molecule has 0 atom stereocenters. The third-order valence-electron chi connectivity index (χ3n) is 1.62. The van der Waals surface area contributed by atoms with E-state index in [-0.39, 0.29) is 0 Å². The smallest absolute Gasteiger partial charge is 0.128 e. The molecule has 2 heteroatoms. The molecule has 0 amide bonds. The van der Waals surface area contributed by atoms with E-state index in [1.54, 1.807) is 0 Å². The van der Waals surface area contributed by atoms with E-state index in [9.17, 15) is 0 Å². The van der Waals surface area contributed by atoms with E-state index in [0.717, 1.165) is 18.7 Å². The molecule has 0 saturated carbocycles. The van der Waals surface area contributed by atoms with Gasteiger partial charge < -0.3 is 5.32 Å². The second-order valence-corrected chi connectivity index (χ2v) is 2.81. The van der Waals surface area contributed by atoms with Crippen LogP contribution in [0.15, 0.2) is 28.5 Å². The van der Waals surface area contributed by atoms with Crippen LogP contribution in [0.2, 0.25) is 0 Å². The summed E-state index contributed by atoms with van der Waals surface area (Å²) in [5.74, 6) is 0.951. The average Bonchev–Trinajstić information content (AvgIpc) is 2.16. The molecular formula is C11H20N2. The molecule has 0 unspecified atom stereocenters. The molecule has 0 aliphatic heterocycles. The summed E-state index contributed by atoms with van der Waals surface area (Å²) in [5, 5.41) is 3.08. The van der Waals surface area contributed by atoms with Gasteiger partial charge in [0, 0.05) is 13.3 Å². The molecule has 1 N–H and O–H groups in total. The van der Waals surface area contributed by atoms with Crippen molar-refractivity contribution in [2.24, 2.45) is 4.99 Å². The van der Waals surface area contributed by atoms with Gasteiger partial charge in [-0.3, -0.25) is 0 Å². The highest BCUT2D eigenvalue weighted by molar-refractivity contribution is 5.58. The summed E-state index contributed by atoms with van der Waals surface area (Å²) in [5.41, 5.74) is 1.18. The Morgan fingerprint density at radius 2 is 2.00 bits per heavy atom. The maximum absolute atomic E-state index is 4.31. The molecule has 0 spiro atoms. The minimum atomic E-state index is 0.951. The molecule has 0 aromatic rings. The summed E-state index contributed by atoms with van der Waals surface area (Å²) in [6, 6.07) is 0. The maximum atomic E-state index is 4.31. The molecule has 13 heavy (non-hydrogen) atoms. The van der Waals surface area contributed by atoms with E-state index in [4.69, 9.17) is 0 Å². The lowest BCUT2D eigenvalue weighted by Crippen LogP contribution is -2.05. The number of hydrogen-bond acceptors (Lipinski definition) is 2. The molecule has 0 aliphatic rings. The third-order valence-corrected chi connectivity index (χ3v) is 1.62. The lowest BCUT2D eigenvalue weighted by atomic mass is 10.2. The average molecular weight is 180 g/mol. The lowest BCUT2D eigenvalue weighted by Gasteiger charge is -2.02. The second kappa shape index (κ2) is 7.59. The first-order valence-electron chi connectivity index (χ1n) is 4.83. The van der Waals surface area contributed by atoms with Crippen LogP contribution in [-0.4, -0.2) is 13.3 Å². The number of aliphatic imine (C=N–C) groups is 1. The molecule has 0 radical (unpaired) electrons. The van der Waals surface area contributed by atoms with Crippen molar-refractivity contribution in [1.82, 2.24) is 5.32 Å². The van der Waals surface area contributed by atoms with Gasteiger partial charge >= 0.3 is 0 Å². The van der Waals surface area contributed by atoms with E-state index in [1.165, 1.54) is 5.57 Å². The Kier molecular flexibility index (Phi) is 6.98. The Bertz CT molecular complexity index is 212. The molecule has 74 valence electrons. The van der Waals surface area contributed by atoms with Gasteiger partial charge in [0.1, 0.15) is 5.82 Å². The zero-order chi connectivity index (χ0) is 10.1. The zero-order valence-electron chi connectivity index (χ0n) is 9.09. The normalized spacial score (nSPS) is 13.8. The van der Waals surface area contributed by atoms with Crippen LogP contribution in [0.1, 0.15) is 33.6 Å². The largest absolute Gasteiger partial charge is 0.373 e. The van der Waals surface area contributed by atoms with Gasteiger partial charge in [0.15, 0.2) is 0 Å². The summed E-state index contributed by atoms with van der Waals surface area (Å²) < 4.78 is 0. The van der Waals surface area contributed by atoms with E-state index in [1.807, 2.05) is 13.3 Å². The fraction of sp³-hybridized carbons (Fsp3) is 0.545. The van der Waals surface area contributed by atoms with Gasteiger partial charge in [-0.2, -0.15) is 0 Å². The molecule has 0 aromatic heterocycles. The van der Waals surface area contributed by atoms with Crippen molar-refractivity contribution in [3.63, 3.8) is 0 Å². The Hall–Kier alpha value is -1.05. The highest BCUT2D eigenvalue weighted by Gasteiger charge is 1.92. The van der Waals surface area contributed by atoms with Crippen LogP contribution in [0.5, 0.6) is 0 Å². The minimum absolute atomic E-state index is 0.951. The highest BCUT2D eigenvalue weighted by Crippen LogP contribution is 2.03. The van der Waals surface area contributed by atoms with Crippen molar-refractivity contribution in [2.45, 2.75) is 33.6 Å². The Balaban J connectivity index is 4.48. The summed E-state index contributed by atoms with van der Waals surface area (Å²) >= 11 is 0. The van der Waals surface area contributed by atoms with Gasteiger partial charge in [-0.15, -0.1) is 0 Å². The Morgan fingerprint density at radius 1 is 1.31 bits per heavy atom. The molecule has 0 heterocycles. The van der Waals surface area contributed by atoms with Crippen LogP contribution in [0.3, 0.4) is 0 Å². The van der Waals surface area contributed by atoms with E-state index < -0.39 is 0 Å². The standard InChI is InChI=1S/C11H20N2/c1-5-7-8-10(3)11(12-4)13-9-6-2/h7-9,12H,5-6H2,1-4H3/b8-7-,11-10+,13-9-. The van der Waals surface area contributed by atoms with Gasteiger partial charge in [-0.25, -0.2) is 4.99 Å². The highest BCUT2D eigenvalue weighted by atomic mass is 15.0. The first-order valence-corrected chi connectivity index (χ1v) is 4.83. The van der Waals surface area contributed by atoms with Crippen LogP contribution in [0.4, 0.5) is 0 Å². The molecule has 0 aromatic carbocycles. The fourth-order valence-electron chi connectivity index (χ4n) is 0.920. The van der Waals surface area contributed by atoms with E-state index >= 15 is 0 Å². The monoisotopic (exact) mass is 180 g/mol. The molecule has 0 aliphatic carbocycles. The van der Waals surface area contributed by atoms with E-state index in [2.05, 4.69) is 43.2 Å². The number of hydrogen-bond donors (Lipinski definition) is 1. The van der Waals surface area contributed by atoms with Crippen molar-refractivity contribution in [1.29, 1.82) is 0 Å². The predicted molar refractivity (Wildman–Crippen MR) is 60.0 cm³/mol. The van der Waals surface area contributed by atoms with Gasteiger partial charge in [0.05, 0.1) is 0 Å². The molecule has 0 bridgehead atoms. The zero-order valence-corrected chi connectivity index (χ0v) is 9.09. The molecule has 0 fully saturated rings. The van der Waals surface area contributed by atoms with Gasteiger partial charge in [-0.05, 0) is 25.3 Å². The van der Waals surface area contributed by atoms with Gasteiger partial charge in [0.25, 0.3) is 0 Å². The van der Waals surface area contributed by atoms with Crippen molar-refractivity contribution in [3.8, 4) is 0 Å². The van der Waals surface area contributed by atoms with Crippen LogP contribution >= 0.6 is 0 Å². The van der Waals surface area contributed by atoms with Crippen molar-refractivity contribution < 1.29 is 0 Å². The molecular weight excluding hydrogens is 160 g/mol. The number of rotatable bonds is 5. The maximum Gasteiger partial charge on any atom is 0.128 e. The predicted octanol–water partition coefficient (Wildman–Crippen LogP) is 2.88. The summed E-state index contributed by atoms with van der Waals surface area (Å²) in [4.78, 5) is 4.31.